The van der Waals surface area contributed by atoms with Crippen LogP contribution in [0.1, 0.15) is 127 Å². The molecule has 0 atom stereocenters. The van der Waals surface area contributed by atoms with Gasteiger partial charge in [-0.25, -0.2) is 0 Å². The van der Waals surface area contributed by atoms with Crippen molar-refractivity contribution < 1.29 is 0 Å². The number of nitrogens with zero attached hydrogens (tertiary/aromatic N) is 2. The lowest BCUT2D eigenvalue weighted by atomic mass is 9.36. The first-order valence-corrected chi connectivity index (χ1v) is 25.0. The summed E-state index contributed by atoms with van der Waals surface area (Å²) < 4.78 is 4.12. The normalized spacial score (nSPS) is 13.9. The summed E-state index contributed by atoms with van der Waals surface area (Å²) in [6.45, 7) is 35.3. The van der Waals surface area contributed by atoms with Gasteiger partial charge in [-0.15, -0.1) is 22.7 Å². The number of hydrogen-bond acceptors (Lipinski definition) is 4. The van der Waals surface area contributed by atoms with Crippen molar-refractivity contribution in [2.75, 3.05) is 9.80 Å². The molecule has 0 bridgehead atoms. The quantitative estimate of drug-likeness (QED) is 0.163. The lowest BCUT2D eigenvalue weighted by Gasteiger charge is -2.45. The minimum Gasteiger partial charge on any atom is -0.311 e. The molecule has 5 heteroatoms. The molecule has 64 heavy (non-hydrogen) atoms. The maximum absolute atomic E-state index is 2.72. The Morgan fingerprint density at radius 1 is 0.516 bits per heavy atom. The number of fused-ring (bicyclic) bond motifs is 7. The smallest absolute Gasteiger partial charge is 0.264 e. The van der Waals surface area contributed by atoms with Gasteiger partial charge in [0.05, 0.1) is 17.1 Å². The monoisotopic (exact) mass is 874 g/mol. The van der Waals surface area contributed by atoms with E-state index >= 15 is 0 Å². The third-order valence-corrected chi connectivity index (χ3v) is 16.4. The maximum atomic E-state index is 2.72. The van der Waals surface area contributed by atoms with E-state index in [2.05, 4.69) is 216 Å². The van der Waals surface area contributed by atoms with Crippen LogP contribution < -0.4 is 25.5 Å². The molecule has 8 aromatic rings. The highest BCUT2D eigenvalue weighted by Crippen LogP contribution is 2.52. The summed E-state index contributed by atoms with van der Waals surface area (Å²) in [6, 6.07) is 38.5. The zero-order chi connectivity index (χ0) is 45.5. The Morgan fingerprint density at radius 3 is 1.70 bits per heavy atom. The fourth-order valence-corrected chi connectivity index (χ4v) is 12.9. The third-order valence-electron chi connectivity index (χ3n) is 14.2. The van der Waals surface area contributed by atoms with Crippen LogP contribution in [-0.4, -0.2) is 6.71 Å². The van der Waals surface area contributed by atoms with E-state index in [4.69, 9.17) is 0 Å². The summed E-state index contributed by atoms with van der Waals surface area (Å²) in [5.41, 5.74) is 23.9. The van der Waals surface area contributed by atoms with Crippen molar-refractivity contribution in [2.45, 2.75) is 126 Å². The second kappa shape index (κ2) is 14.7. The van der Waals surface area contributed by atoms with Crippen LogP contribution in [0.5, 0.6) is 0 Å². The maximum Gasteiger partial charge on any atom is 0.264 e. The van der Waals surface area contributed by atoms with E-state index < -0.39 is 0 Å². The zero-order valence-corrected chi connectivity index (χ0v) is 42.3. The van der Waals surface area contributed by atoms with Gasteiger partial charge < -0.3 is 9.80 Å². The van der Waals surface area contributed by atoms with E-state index in [0.29, 0.717) is 5.92 Å². The second-order valence-electron chi connectivity index (χ2n) is 22.3. The molecule has 0 amide bonds. The highest BCUT2D eigenvalue weighted by Gasteiger charge is 2.47. The summed E-state index contributed by atoms with van der Waals surface area (Å²) in [5, 5.41) is 5.02. The summed E-state index contributed by atoms with van der Waals surface area (Å²) in [7, 11) is 0. The molecule has 10 rings (SSSR count). The molecule has 0 radical (unpaired) electrons. The predicted octanol–water partition coefficient (Wildman–Crippen LogP) is 16.1. The van der Waals surface area contributed by atoms with Crippen LogP contribution in [0.3, 0.4) is 0 Å². The SMILES string of the molecule is Cc1cc(-c2csc3ccccc23)cc(C)c1N1c2ccc(C(C)(C)C)cc2B2c3sc4ccc(C(C)(C)C)cc4c3N(c3c(C)cc(C(C)(C)C)cc3C)c3cc(C(C)C)cc1c32. The van der Waals surface area contributed by atoms with E-state index in [9.17, 15) is 0 Å². The minimum atomic E-state index is -0.0183. The van der Waals surface area contributed by atoms with Crippen LogP contribution in [0.15, 0.2) is 102 Å². The molecule has 0 aliphatic carbocycles. The van der Waals surface area contributed by atoms with Crippen molar-refractivity contribution in [3.63, 3.8) is 0 Å². The first-order valence-electron chi connectivity index (χ1n) is 23.3. The number of anilines is 6. The molecule has 6 aromatic carbocycles. The van der Waals surface area contributed by atoms with Crippen LogP contribution in [-0.2, 0) is 16.2 Å². The Morgan fingerprint density at radius 2 is 1.08 bits per heavy atom. The summed E-state index contributed by atoms with van der Waals surface area (Å²) >= 11 is 3.85. The van der Waals surface area contributed by atoms with E-state index in [-0.39, 0.29) is 23.0 Å². The van der Waals surface area contributed by atoms with Gasteiger partial charge in [0, 0.05) is 47.6 Å². The molecule has 0 spiro atoms. The van der Waals surface area contributed by atoms with Gasteiger partial charge in [0.1, 0.15) is 0 Å². The highest BCUT2D eigenvalue weighted by molar-refractivity contribution is 7.33. The van der Waals surface area contributed by atoms with E-state index in [1.165, 1.54) is 126 Å². The van der Waals surface area contributed by atoms with E-state index in [0.717, 1.165) is 0 Å². The number of rotatable bonds is 4. The van der Waals surface area contributed by atoms with Gasteiger partial charge in [-0.05, 0) is 165 Å². The Hall–Kier alpha value is -5.10. The van der Waals surface area contributed by atoms with Crippen LogP contribution in [0, 0.1) is 27.7 Å². The number of aryl methyl sites for hydroxylation is 4. The molecule has 0 saturated heterocycles. The lowest BCUT2D eigenvalue weighted by molar-refractivity contribution is 0.589. The number of benzene rings is 6. The first-order chi connectivity index (χ1) is 30.1. The molecule has 4 heterocycles. The van der Waals surface area contributed by atoms with Crippen LogP contribution in [0.4, 0.5) is 34.1 Å². The number of hydrogen-bond donors (Lipinski definition) is 0. The fourth-order valence-electron chi connectivity index (χ4n) is 10.7. The minimum absolute atomic E-state index is 0.0138. The highest BCUT2D eigenvalue weighted by atomic mass is 32.1. The molecular weight excluding hydrogens is 812 g/mol. The van der Waals surface area contributed by atoms with Gasteiger partial charge in [-0.3, -0.25) is 0 Å². The number of thiophene rings is 2. The van der Waals surface area contributed by atoms with Crippen LogP contribution >= 0.6 is 22.7 Å². The van der Waals surface area contributed by atoms with Gasteiger partial charge in [-0.1, -0.05) is 125 Å². The molecule has 2 nitrogen and oxygen atoms in total. The zero-order valence-electron chi connectivity index (χ0n) is 40.7. The first kappa shape index (κ1) is 42.8. The molecular formula is C59H63BN2S2. The van der Waals surface area contributed by atoms with Crippen molar-refractivity contribution in [2.24, 2.45) is 0 Å². The lowest BCUT2D eigenvalue weighted by Crippen LogP contribution is -2.60. The molecule has 0 fully saturated rings. The van der Waals surface area contributed by atoms with Gasteiger partial charge in [0.15, 0.2) is 0 Å². The van der Waals surface area contributed by atoms with Gasteiger partial charge in [-0.2, -0.15) is 0 Å². The molecule has 2 aliphatic heterocycles. The van der Waals surface area contributed by atoms with Gasteiger partial charge in [0.25, 0.3) is 6.71 Å². The van der Waals surface area contributed by atoms with Crippen molar-refractivity contribution in [3.8, 4) is 11.1 Å². The average molecular weight is 875 g/mol. The summed E-state index contributed by atoms with van der Waals surface area (Å²) in [5.74, 6) is 0.323. The Bertz CT molecular complexity index is 3160. The van der Waals surface area contributed by atoms with Gasteiger partial charge >= 0.3 is 0 Å². The fraction of sp³-hybridized carbons (Fsp3) is 0.322. The molecule has 2 aliphatic rings. The Kier molecular flexibility index (Phi) is 9.84. The third kappa shape index (κ3) is 6.70. The second-order valence-corrected chi connectivity index (χ2v) is 24.3. The van der Waals surface area contributed by atoms with Crippen molar-refractivity contribution in [1.82, 2.24) is 0 Å². The molecule has 324 valence electrons. The Balaban J connectivity index is 1.33. The molecule has 2 aromatic heterocycles. The van der Waals surface area contributed by atoms with E-state index in [1.807, 2.05) is 22.7 Å². The molecule has 0 unspecified atom stereocenters. The Labute approximate surface area is 391 Å². The summed E-state index contributed by atoms with van der Waals surface area (Å²) in [4.78, 5) is 5.39. The van der Waals surface area contributed by atoms with Crippen LogP contribution in [0.25, 0.3) is 31.3 Å². The van der Waals surface area contributed by atoms with Gasteiger partial charge in [0.2, 0.25) is 0 Å². The average Bonchev–Trinajstić information content (AvgIpc) is 3.82. The van der Waals surface area contributed by atoms with Crippen molar-refractivity contribution >= 4 is 99.4 Å². The van der Waals surface area contributed by atoms with Crippen LogP contribution in [0.2, 0.25) is 0 Å². The molecule has 0 N–H and O–H groups in total. The largest absolute Gasteiger partial charge is 0.311 e. The van der Waals surface area contributed by atoms with Crippen molar-refractivity contribution in [1.29, 1.82) is 0 Å². The van der Waals surface area contributed by atoms with E-state index in [1.54, 1.807) is 0 Å². The standard InChI is InChI=1S/C59H63BN2S2/c1-33(2)38-28-48-52-49(29-38)62(54-36(5)26-42(27-37(54)6)59(13,14)15)55-44-30-40(57(7,8)9)21-23-51(44)64-56(55)60(52)46-31-41(58(10,11)12)20-22-47(46)61(48)53-34(3)24-39(25-35(53)4)45-32-63-50-19-17-16-18-43(45)50/h16-33H,1-15H3. The molecule has 0 saturated carbocycles. The van der Waals surface area contributed by atoms with Crippen molar-refractivity contribution in [3.05, 3.63) is 147 Å². The topological polar surface area (TPSA) is 6.48 Å². The summed E-state index contributed by atoms with van der Waals surface area (Å²) in [6.07, 6.45) is 0. The predicted molar refractivity (Wildman–Crippen MR) is 286 cm³/mol.